The van der Waals surface area contributed by atoms with Gasteiger partial charge < -0.3 is 15.0 Å². The first-order chi connectivity index (χ1) is 10.5. The first-order valence-electron chi connectivity index (χ1n) is 7.62. The molecule has 0 aliphatic carbocycles. The van der Waals surface area contributed by atoms with Crippen molar-refractivity contribution in [2.75, 3.05) is 18.0 Å². The zero-order valence-corrected chi connectivity index (χ0v) is 12.7. The zero-order chi connectivity index (χ0) is 15.6. The number of nitrogens with zero attached hydrogens (tertiary/aromatic N) is 2. The van der Waals surface area contributed by atoms with Crippen molar-refractivity contribution >= 4 is 5.82 Å². The number of anilines is 1. The van der Waals surface area contributed by atoms with Crippen molar-refractivity contribution in [3.05, 3.63) is 58.1 Å². The third kappa shape index (κ3) is 3.36. The summed E-state index contributed by atoms with van der Waals surface area (Å²) in [5, 5.41) is 10.8. The molecule has 0 bridgehead atoms. The van der Waals surface area contributed by atoms with Crippen LogP contribution in [0.4, 0.5) is 5.82 Å². The van der Waals surface area contributed by atoms with E-state index in [-0.39, 0.29) is 5.56 Å². The quantitative estimate of drug-likeness (QED) is 0.904. The van der Waals surface area contributed by atoms with Gasteiger partial charge in [0.15, 0.2) is 0 Å². The smallest absolute Gasteiger partial charge is 0.252 e. The van der Waals surface area contributed by atoms with Gasteiger partial charge in [0, 0.05) is 25.6 Å². The number of piperidine rings is 1. The molecule has 116 valence electrons. The molecule has 1 aliphatic heterocycles. The van der Waals surface area contributed by atoms with Crippen LogP contribution in [0.15, 0.2) is 41.5 Å². The van der Waals surface area contributed by atoms with Crippen LogP contribution < -0.4 is 10.5 Å². The Morgan fingerprint density at radius 1 is 1.32 bits per heavy atom. The molecule has 2 heterocycles. The van der Waals surface area contributed by atoms with Crippen molar-refractivity contribution in [2.45, 2.75) is 31.8 Å². The Bertz CT molecular complexity index is 703. The topological polar surface area (TPSA) is 69.2 Å². The fraction of sp³-hybridized carbons (Fsp3) is 0.412. The molecule has 0 radical (unpaired) electrons. The normalized spacial score (nSPS) is 17.5. The molecule has 1 saturated heterocycles. The molecule has 0 spiro atoms. The van der Waals surface area contributed by atoms with Gasteiger partial charge in [-0.25, -0.2) is 4.98 Å². The highest BCUT2D eigenvalue weighted by Crippen LogP contribution is 2.28. The molecule has 1 aliphatic rings. The minimum atomic E-state index is -0.675. The maximum absolute atomic E-state index is 11.4. The number of aliphatic hydroxyl groups is 1. The Morgan fingerprint density at radius 2 is 2.09 bits per heavy atom. The molecule has 5 heteroatoms. The molecular weight excluding hydrogens is 278 g/mol. The van der Waals surface area contributed by atoms with Crippen molar-refractivity contribution in [3.63, 3.8) is 0 Å². The largest absolute Gasteiger partial charge is 0.389 e. The summed E-state index contributed by atoms with van der Waals surface area (Å²) in [6.45, 7) is 3.48. The summed E-state index contributed by atoms with van der Waals surface area (Å²) in [7, 11) is 0. The van der Waals surface area contributed by atoms with Gasteiger partial charge in [0.05, 0.1) is 11.9 Å². The molecular formula is C17H21N3O2. The molecule has 2 aromatic rings. The van der Waals surface area contributed by atoms with Gasteiger partial charge >= 0.3 is 0 Å². The monoisotopic (exact) mass is 299 g/mol. The summed E-state index contributed by atoms with van der Waals surface area (Å²) in [6, 6.07) is 9.79. The van der Waals surface area contributed by atoms with E-state index < -0.39 is 5.60 Å². The predicted molar refractivity (Wildman–Crippen MR) is 86.1 cm³/mol. The van der Waals surface area contributed by atoms with Crippen molar-refractivity contribution < 1.29 is 5.11 Å². The van der Waals surface area contributed by atoms with E-state index in [1.54, 1.807) is 0 Å². The fourth-order valence-corrected chi connectivity index (χ4v) is 3.06. The molecule has 1 fully saturated rings. The highest BCUT2D eigenvalue weighted by Gasteiger charge is 2.32. The van der Waals surface area contributed by atoms with E-state index in [9.17, 15) is 9.90 Å². The average molecular weight is 299 g/mol. The summed E-state index contributed by atoms with van der Waals surface area (Å²) in [4.78, 5) is 20.1. The van der Waals surface area contributed by atoms with Gasteiger partial charge in [0.2, 0.25) is 0 Å². The van der Waals surface area contributed by atoms with E-state index in [2.05, 4.69) is 40.0 Å². The predicted octanol–water partition coefficient (Wildman–Crippen LogP) is 1.65. The summed E-state index contributed by atoms with van der Waals surface area (Å²) in [5.74, 6) is 0.682. The van der Waals surface area contributed by atoms with Gasteiger partial charge in [0.25, 0.3) is 5.56 Å². The second kappa shape index (κ2) is 5.93. The number of benzene rings is 1. The van der Waals surface area contributed by atoms with E-state index in [1.807, 2.05) is 6.07 Å². The lowest BCUT2D eigenvalue weighted by Gasteiger charge is -2.38. The van der Waals surface area contributed by atoms with Gasteiger partial charge in [-0.1, -0.05) is 29.8 Å². The average Bonchev–Trinajstić information content (AvgIpc) is 2.47. The Balaban J connectivity index is 1.66. The van der Waals surface area contributed by atoms with Gasteiger partial charge in [-0.05, 0) is 25.3 Å². The number of hydrogen-bond donors (Lipinski definition) is 2. The molecule has 1 aromatic carbocycles. The number of aromatic nitrogens is 2. The van der Waals surface area contributed by atoms with Crippen molar-refractivity contribution in [2.24, 2.45) is 0 Å². The van der Waals surface area contributed by atoms with E-state index in [0.29, 0.717) is 38.2 Å². The molecule has 0 atom stereocenters. The number of aryl methyl sites for hydroxylation is 1. The Labute approximate surface area is 129 Å². The van der Waals surface area contributed by atoms with Crippen molar-refractivity contribution in [1.29, 1.82) is 0 Å². The molecule has 0 saturated carbocycles. The van der Waals surface area contributed by atoms with E-state index in [4.69, 9.17) is 0 Å². The van der Waals surface area contributed by atoms with E-state index in [1.165, 1.54) is 23.5 Å². The first kappa shape index (κ1) is 14.8. The van der Waals surface area contributed by atoms with Crippen LogP contribution in [0.1, 0.15) is 24.0 Å². The van der Waals surface area contributed by atoms with Gasteiger partial charge in [-0.2, -0.15) is 0 Å². The fourth-order valence-electron chi connectivity index (χ4n) is 3.06. The number of aromatic amines is 1. The van der Waals surface area contributed by atoms with Crippen LogP contribution in [0.2, 0.25) is 0 Å². The van der Waals surface area contributed by atoms with Crippen LogP contribution in [0.25, 0.3) is 0 Å². The van der Waals surface area contributed by atoms with Crippen LogP contribution >= 0.6 is 0 Å². The maximum Gasteiger partial charge on any atom is 0.252 e. The summed E-state index contributed by atoms with van der Waals surface area (Å²) in [6.07, 6.45) is 3.45. The number of H-pyrrole nitrogens is 1. The number of hydrogen-bond acceptors (Lipinski definition) is 4. The Hall–Kier alpha value is -2.14. The molecule has 5 nitrogen and oxygen atoms in total. The first-order valence-corrected chi connectivity index (χ1v) is 7.62. The standard InChI is InChI=1S/C17H21N3O2/c1-13-3-2-4-14(9-13)11-17(22)5-7-20(8-6-17)15-10-16(21)19-12-18-15/h2-4,9-10,12,22H,5-8,11H2,1H3,(H,18,19,21). The van der Waals surface area contributed by atoms with Crippen molar-refractivity contribution in [1.82, 2.24) is 9.97 Å². The second-order valence-corrected chi connectivity index (χ2v) is 6.15. The highest BCUT2D eigenvalue weighted by atomic mass is 16.3. The number of rotatable bonds is 3. The third-order valence-corrected chi connectivity index (χ3v) is 4.30. The molecule has 0 unspecified atom stereocenters. The van der Waals surface area contributed by atoms with Crippen LogP contribution in [0.3, 0.4) is 0 Å². The van der Waals surface area contributed by atoms with Gasteiger partial charge in [-0.3, -0.25) is 4.79 Å². The van der Waals surface area contributed by atoms with Crippen molar-refractivity contribution in [3.8, 4) is 0 Å². The highest BCUT2D eigenvalue weighted by molar-refractivity contribution is 5.37. The Morgan fingerprint density at radius 3 is 2.77 bits per heavy atom. The number of nitrogens with one attached hydrogen (secondary N) is 1. The van der Waals surface area contributed by atoms with E-state index in [0.717, 1.165) is 0 Å². The van der Waals surface area contributed by atoms with Crippen LogP contribution in [-0.4, -0.2) is 33.8 Å². The summed E-state index contributed by atoms with van der Waals surface area (Å²) in [5.41, 5.74) is 1.56. The maximum atomic E-state index is 11.4. The lowest BCUT2D eigenvalue weighted by atomic mass is 9.85. The second-order valence-electron chi connectivity index (χ2n) is 6.15. The zero-order valence-electron chi connectivity index (χ0n) is 12.7. The molecule has 22 heavy (non-hydrogen) atoms. The van der Waals surface area contributed by atoms with Crippen LogP contribution in [0.5, 0.6) is 0 Å². The van der Waals surface area contributed by atoms with E-state index >= 15 is 0 Å². The minimum absolute atomic E-state index is 0.148. The van der Waals surface area contributed by atoms with Crippen LogP contribution in [0, 0.1) is 6.92 Å². The van der Waals surface area contributed by atoms with Gasteiger partial charge in [0.1, 0.15) is 5.82 Å². The summed E-state index contributed by atoms with van der Waals surface area (Å²) >= 11 is 0. The SMILES string of the molecule is Cc1cccc(CC2(O)CCN(c3cc(=O)[nH]cn3)CC2)c1. The third-order valence-electron chi connectivity index (χ3n) is 4.30. The molecule has 3 rings (SSSR count). The minimum Gasteiger partial charge on any atom is -0.389 e. The summed E-state index contributed by atoms with van der Waals surface area (Å²) < 4.78 is 0. The van der Waals surface area contributed by atoms with Gasteiger partial charge in [-0.15, -0.1) is 0 Å². The van der Waals surface area contributed by atoms with Crippen LogP contribution in [-0.2, 0) is 6.42 Å². The lowest BCUT2D eigenvalue weighted by molar-refractivity contribution is 0.0164. The Kier molecular flexibility index (Phi) is 3.98. The lowest BCUT2D eigenvalue weighted by Crippen LogP contribution is -2.46. The molecule has 0 amide bonds. The molecule has 1 aromatic heterocycles. The molecule has 2 N–H and O–H groups in total.